The molecule has 1 atom stereocenters. The first kappa shape index (κ1) is 17.5. The molecule has 118 valence electrons. The molecule has 1 rings (SSSR count). The summed E-state index contributed by atoms with van der Waals surface area (Å²) >= 11 is 0. The average Bonchev–Trinajstić information content (AvgIpc) is 2.52. The van der Waals surface area contributed by atoms with Gasteiger partial charge in [-0.3, -0.25) is 9.63 Å². The standard InChI is InChI=1S/C16H25NO4/c1-5-6-15(11-16(18)17(2)20-4)21-12-13-7-9-14(19-3)10-8-13/h7-10,15H,5-6,11-12H2,1-4H3/t15-/m1/s1. The van der Waals surface area contributed by atoms with E-state index in [1.165, 1.54) is 12.2 Å². The molecule has 1 amide bonds. The molecule has 0 unspecified atom stereocenters. The number of nitrogens with zero attached hydrogens (tertiary/aromatic N) is 1. The molecule has 0 bridgehead atoms. The largest absolute Gasteiger partial charge is 0.497 e. The van der Waals surface area contributed by atoms with Crippen molar-refractivity contribution in [3.05, 3.63) is 29.8 Å². The summed E-state index contributed by atoms with van der Waals surface area (Å²) in [4.78, 5) is 16.8. The number of hydrogen-bond donors (Lipinski definition) is 0. The highest BCUT2D eigenvalue weighted by Gasteiger charge is 2.17. The van der Waals surface area contributed by atoms with Crippen LogP contribution in [-0.2, 0) is 21.0 Å². The molecule has 5 nitrogen and oxygen atoms in total. The lowest BCUT2D eigenvalue weighted by atomic mass is 10.1. The Morgan fingerprint density at radius 1 is 1.24 bits per heavy atom. The number of benzene rings is 1. The van der Waals surface area contributed by atoms with E-state index in [9.17, 15) is 4.79 Å². The molecular weight excluding hydrogens is 270 g/mol. The Morgan fingerprint density at radius 3 is 2.43 bits per heavy atom. The minimum atomic E-state index is -0.0952. The molecule has 0 fully saturated rings. The number of methoxy groups -OCH3 is 1. The lowest BCUT2D eigenvalue weighted by Crippen LogP contribution is -2.30. The van der Waals surface area contributed by atoms with Crippen LogP contribution in [0, 0.1) is 0 Å². The second-order valence-corrected chi connectivity index (χ2v) is 4.85. The maximum absolute atomic E-state index is 11.9. The molecular formula is C16H25NO4. The van der Waals surface area contributed by atoms with E-state index in [1.54, 1.807) is 14.2 Å². The summed E-state index contributed by atoms with van der Waals surface area (Å²) in [5, 5.41) is 1.24. The summed E-state index contributed by atoms with van der Waals surface area (Å²) in [6, 6.07) is 7.73. The van der Waals surface area contributed by atoms with Crippen molar-refractivity contribution in [1.29, 1.82) is 0 Å². The van der Waals surface area contributed by atoms with Gasteiger partial charge in [0.1, 0.15) is 5.75 Å². The Morgan fingerprint density at radius 2 is 1.90 bits per heavy atom. The lowest BCUT2D eigenvalue weighted by Gasteiger charge is -2.20. The molecule has 21 heavy (non-hydrogen) atoms. The third kappa shape index (κ3) is 6.14. The third-order valence-corrected chi connectivity index (χ3v) is 3.28. The van der Waals surface area contributed by atoms with Gasteiger partial charge in [0.05, 0.1) is 33.4 Å². The molecule has 0 radical (unpaired) electrons. The van der Waals surface area contributed by atoms with Crippen molar-refractivity contribution >= 4 is 5.91 Å². The van der Waals surface area contributed by atoms with Gasteiger partial charge in [0.25, 0.3) is 0 Å². The van der Waals surface area contributed by atoms with Crippen molar-refractivity contribution < 1.29 is 19.1 Å². The van der Waals surface area contributed by atoms with Crippen LogP contribution in [-0.4, -0.2) is 38.3 Å². The van der Waals surface area contributed by atoms with E-state index in [-0.39, 0.29) is 12.0 Å². The zero-order valence-electron chi connectivity index (χ0n) is 13.3. The maximum Gasteiger partial charge on any atom is 0.248 e. The molecule has 5 heteroatoms. The van der Waals surface area contributed by atoms with Gasteiger partial charge in [-0.25, -0.2) is 5.06 Å². The smallest absolute Gasteiger partial charge is 0.248 e. The summed E-state index contributed by atoms with van der Waals surface area (Å²) in [5.74, 6) is 0.742. The monoisotopic (exact) mass is 295 g/mol. The summed E-state index contributed by atoms with van der Waals surface area (Å²) in [5.41, 5.74) is 1.06. The number of hydroxylamine groups is 2. The van der Waals surface area contributed by atoms with Crippen LogP contribution < -0.4 is 4.74 Å². The van der Waals surface area contributed by atoms with Crippen molar-refractivity contribution in [3.8, 4) is 5.75 Å². The fraction of sp³-hybridized carbons (Fsp3) is 0.562. The molecule has 1 aromatic carbocycles. The Hall–Kier alpha value is -1.59. The molecule has 0 aromatic heterocycles. The Balaban J connectivity index is 2.51. The first-order valence-corrected chi connectivity index (χ1v) is 7.15. The van der Waals surface area contributed by atoms with E-state index in [0.29, 0.717) is 13.0 Å². The summed E-state index contributed by atoms with van der Waals surface area (Å²) in [6.45, 7) is 2.56. The zero-order chi connectivity index (χ0) is 15.7. The third-order valence-electron chi connectivity index (χ3n) is 3.28. The van der Waals surface area contributed by atoms with Crippen molar-refractivity contribution in [1.82, 2.24) is 5.06 Å². The Labute approximate surface area is 126 Å². The molecule has 0 spiro atoms. The summed E-state index contributed by atoms with van der Waals surface area (Å²) in [6.07, 6.45) is 2.05. The molecule has 1 aromatic rings. The molecule has 0 aliphatic rings. The van der Waals surface area contributed by atoms with Crippen molar-refractivity contribution in [2.45, 2.75) is 38.9 Å². The van der Waals surface area contributed by atoms with E-state index < -0.39 is 0 Å². The van der Waals surface area contributed by atoms with Crippen LogP contribution in [0.15, 0.2) is 24.3 Å². The van der Waals surface area contributed by atoms with E-state index in [0.717, 1.165) is 24.2 Å². The predicted molar refractivity (Wildman–Crippen MR) is 80.9 cm³/mol. The number of ether oxygens (including phenoxy) is 2. The molecule has 0 saturated heterocycles. The molecule has 0 aliphatic carbocycles. The molecule has 0 saturated carbocycles. The number of amides is 1. The molecule has 0 N–H and O–H groups in total. The minimum Gasteiger partial charge on any atom is -0.497 e. The van der Waals surface area contributed by atoms with E-state index >= 15 is 0 Å². The van der Waals surface area contributed by atoms with Crippen LogP contribution in [0.4, 0.5) is 0 Å². The lowest BCUT2D eigenvalue weighted by molar-refractivity contribution is -0.171. The van der Waals surface area contributed by atoms with Gasteiger partial charge < -0.3 is 9.47 Å². The predicted octanol–water partition coefficient (Wildman–Crippen LogP) is 2.79. The minimum absolute atomic E-state index is 0.0781. The van der Waals surface area contributed by atoms with Crippen LogP contribution in [0.5, 0.6) is 5.75 Å². The van der Waals surface area contributed by atoms with E-state index in [1.807, 2.05) is 24.3 Å². The number of carbonyl (C=O) groups is 1. The summed E-state index contributed by atoms with van der Waals surface area (Å²) < 4.78 is 11.0. The molecule has 0 heterocycles. The van der Waals surface area contributed by atoms with Gasteiger partial charge in [-0.15, -0.1) is 0 Å². The average molecular weight is 295 g/mol. The van der Waals surface area contributed by atoms with Gasteiger partial charge >= 0.3 is 0 Å². The second-order valence-electron chi connectivity index (χ2n) is 4.85. The second kappa shape index (κ2) is 9.37. The van der Waals surface area contributed by atoms with Crippen LogP contribution in [0.2, 0.25) is 0 Å². The van der Waals surface area contributed by atoms with Gasteiger partial charge in [0, 0.05) is 7.05 Å². The Bertz CT molecular complexity index is 419. The highest BCUT2D eigenvalue weighted by atomic mass is 16.7. The molecule has 0 aliphatic heterocycles. The topological polar surface area (TPSA) is 48.0 Å². The first-order valence-electron chi connectivity index (χ1n) is 7.15. The van der Waals surface area contributed by atoms with Crippen LogP contribution in [0.3, 0.4) is 0 Å². The number of carbonyl (C=O) groups excluding carboxylic acids is 1. The maximum atomic E-state index is 11.9. The number of hydrogen-bond acceptors (Lipinski definition) is 4. The van der Waals surface area contributed by atoms with E-state index in [4.69, 9.17) is 14.3 Å². The van der Waals surface area contributed by atoms with Gasteiger partial charge in [0.15, 0.2) is 0 Å². The normalized spacial score (nSPS) is 12.0. The summed E-state index contributed by atoms with van der Waals surface area (Å²) in [7, 11) is 4.72. The van der Waals surface area contributed by atoms with Gasteiger partial charge in [0.2, 0.25) is 5.91 Å². The highest BCUT2D eigenvalue weighted by Crippen LogP contribution is 2.15. The quantitative estimate of drug-likeness (QED) is 0.657. The Kier molecular flexibility index (Phi) is 7.79. The highest BCUT2D eigenvalue weighted by molar-refractivity contribution is 5.75. The van der Waals surface area contributed by atoms with Crippen molar-refractivity contribution in [2.24, 2.45) is 0 Å². The van der Waals surface area contributed by atoms with Crippen LogP contribution in [0.25, 0.3) is 0 Å². The fourth-order valence-electron chi connectivity index (χ4n) is 1.93. The number of rotatable bonds is 9. The SMILES string of the molecule is CCC[C@H](CC(=O)N(C)OC)OCc1ccc(OC)cc1. The van der Waals surface area contributed by atoms with Crippen molar-refractivity contribution in [3.63, 3.8) is 0 Å². The fourth-order valence-corrected chi connectivity index (χ4v) is 1.93. The van der Waals surface area contributed by atoms with Gasteiger partial charge in [-0.1, -0.05) is 25.5 Å². The first-order chi connectivity index (χ1) is 10.1. The van der Waals surface area contributed by atoms with Crippen LogP contribution >= 0.6 is 0 Å². The van der Waals surface area contributed by atoms with Gasteiger partial charge in [-0.2, -0.15) is 0 Å². The zero-order valence-corrected chi connectivity index (χ0v) is 13.3. The van der Waals surface area contributed by atoms with E-state index in [2.05, 4.69) is 6.92 Å². The van der Waals surface area contributed by atoms with Crippen LogP contribution in [0.1, 0.15) is 31.7 Å². The van der Waals surface area contributed by atoms with Gasteiger partial charge in [-0.05, 0) is 24.1 Å². The van der Waals surface area contributed by atoms with Crippen molar-refractivity contribution in [2.75, 3.05) is 21.3 Å².